The molecule has 0 bridgehead atoms. The molecule has 0 saturated heterocycles. The van der Waals surface area contributed by atoms with E-state index in [4.69, 9.17) is 0 Å². The van der Waals surface area contributed by atoms with Gasteiger partial charge in [-0.1, -0.05) is 22.7 Å². The second kappa shape index (κ2) is 4.22. The van der Waals surface area contributed by atoms with Gasteiger partial charge in [0.05, 0.1) is 5.56 Å². The minimum atomic E-state index is -1.20. The summed E-state index contributed by atoms with van der Waals surface area (Å²) >= 11 is 0. The lowest BCUT2D eigenvalue weighted by molar-refractivity contribution is -0.839. The average Bonchev–Trinajstić information content (AvgIpc) is 2.15. The van der Waals surface area contributed by atoms with Crippen LogP contribution in [0, 0.1) is 17.0 Å². The van der Waals surface area contributed by atoms with Gasteiger partial charge in [-0.05, 0) is 19.1 Å². The van der Waals surface area contributed by atoms with E-state index in [2.05, 4.69) is 9.88 Å². The molecular weight excluding hydrogens is 190 g/mol. The molecule has 0 radical (unpaired) electrons. The van der Waals surface area contributed by atoms with Gasteiger partial charge in [0, 0.05) is 0 Å². The summed E-state index contributed by atoms with van der Waals surface area (Å²) in [6.07, 6.45) is 0. The molecular formula is C8H7NO5. The van der Waals surface area contributed by atoms with Gasteiger partial charge in [-0.3, -0.25) is 4.89 Å². The van der Waals surface area contributed by atoms with Crippen molar-refractivity contribution in [2.45, 2.75) is 6.92 Å². The SMILES string of the molecule is Cc1ccc(C(=O)OO[N+](=O)[O-])cc1. The minimum Gasteiger partial charge on any atom is -0.255 e. The fourth-order valence-corrected chi connectivity index (χ4v) is 0.802. The van der Waals surface area contributed by atoms with Crippen LogP contribution < -0.4 is 0 Å². The molecule has 1 rings (SSSR count). The molecule has 6 heteroatoms. The maximum Gasteiger partial charge on any atom is 0.373 e. The van der Waals surface area contributed by atoms with Crippen LogP contribution in [0.15, 0.2) is 24.3 Å². The van der Waals surface area contributed by atoms with E-state index in [1.54, 1.807) is 12.1 Å². The maximum atomic E-state index is 11.0. The first-order chi connectivity index (χ1) is 6.59. The molecule has 0 fully saturated rings. The third-order valence-electron chi connectivity index (χ3n) is 1.46. The van der Waals surface area contributed by atoms with E-state index in [0.717, 1.165) is 5.56 Å². The summed E-state index contributed by atoms with van der Waals surface area (Å²) in [6.45, 7) is 1.85. The fraction of sp³-hybridized carbons (Fsp3) is 0.125. The standard InChI is InChI=1S/C8H7NO5/c1-6-2-4-7(5-3-6)8(10)13-14-9(11)12/h2-5H,1H3. The molecule has 74 valence electrons. The quantitative estimate of drug-likeness (QED) is 0.414. The van der Waals surface area contributed by atoms with Crippen LogP contribution >= 0.6 is 0 Å². The number of hydrogen-bond acceptors (Lipinski definition) is 5. The predicted octanol–water partition coefficient (Wildman–Crippen LogP) is 1.28. The first-order valence-electron chi connectivity index (χ1n) is 3.69. The molecule has 0 saturated carbocycles. The first kappa shape index (κ1) is 9.97. The van der Waals surface area contributed by atoms with E-state index in [1.807, 2.05) is 6.92 Å². The average molecular weight is 197 g/mol. The van der Waals surface area contributed by atoms with E-state index in [1.165, 1.54) is 12.1 Å². The van der Waals surface area contributed by atoms with Gasteiger partial charge in [0.1, 0.15) is 0 Å². The van der Waals surface area contributed by atoms with Crippen molar-refractivity contribution in [3.05, 3.63) is 45.5 Å². The van der Waals surface area contributed by atoms with Crippen LogP contribution in [0.1, 0.15) is 15.9 Å². The van der Waals surface area contributed by atoms with E-state index in [-0.39, 0.29) is 5.56 Å². The third-order valence-corrected chi connectivity index (χ3v) is 1.46. The summed E-state index contributed by atoms with van der Waals surface area (Å²) in [5.41, 5.74) is 1.16. The summed E-state index contributed by atoms with van der Waals surface area (Å²) in [6, 6.07) is 6.34. The normalized spacial score (nSPS) is 9.21. The van der Waals surface area contributed by atoms with E-state index in [9.17, 15) is 14.9 Å². The van der Waals surface area contributed by atoms with Crippen molar-refractivity contribution in [1.29, 1.82) is 0 Å². The number of aryl methyl sites for hydroxylation is 1. The number of carbonyl (C=O) groups is 1. The van der Waals surface area contributed by atoms with Gasteiger partial charge in [0.25, 0.3) is 0 Å². The van der Waals surface area contributed by atoms with Crippen molar-refractivity contribution in [3.63, 3.8) is 0 Å². The Morgan fingerprint density at radius 3 is 2.43 bits per heavy atom. The Morgan fingerprint density at radius 1 is 1.36 bits per heavy atom. The smallest absolute Gasteiger partial charge is 0.255 e. The Hall–Kier alpha value is -2.11. The summed E-state index contributed by atoms with van der Waals surface area (Å²) < 4.78 is 0. The summed E-state index contributed by atoms with van der Waals surface area (Å²) in [7, 11) is 0. The van der Waals surface area contributed by atoms with Crippen LogP contribution in [0.5, 0.6) is 0 Å². The van der Waals surface area contributed by atoms with E-state index in [0.29, 0.717) is 0 Å². The molecule has 0 aromatic heterocycles. The molecule has 0 aliphatic heterocycles. The third kappa shape index (κ3) is 2.74. The number of rotatable bonds is 3. The van der Waals surface area contributed by atoms with Gasteiger partial charge in [-0.2, -0.15) is 0 Å². The molecule has 1 aromatic carbocycles. The van der Waals surface area contributed by atoms with E-state index >= 15 is 0 Å². The molecule has 0 N–H and O–H groups in total. The summed E-state index contributed by atoms with van der Waals surface area (Å²) in [4.78, 5) is 28.1. The van der Waals surface area contributed by atoms with Crippen LogP contribution in [-0.4, -0.2) is 11.1 Å². The van der Waals surface area contributed by atoms with Crippen LogP contribution in [0.4, 0.5) is 0 Å². The Kier molecular flexibility index (Phi) is 3.01. The number of carbonyl (C=O) groups excluding carboxylic acids is 1. The zero-order valence-corrected chi connectivity index (χ0v) is 7.30. The van der Waals surface area contributed by atoms with Crippen molar-refractivity contribution in [1.82, 2.24) is 0 Å². The monoisotopic (exact) mass is 197 g/mol. The molecule has 6 nitrogen and oxygen atoms in total. The summed E-state index contributed by atoms with van der Waals surface area (Å²) in [5, 5.41) is 8.49. The lowest BCUT2D eigenvalue weighted by Crippen LogP contribution is -2.09. The molecule has 14 heavy (non-hydrogen) atoms. The Balaban J connectivity index is 2.61. The Bertz CT molecular complexity index is 345. The maximum absolute atomic E-state index is 11.0. The number of benzene rings is 1. The molecule has 0 aliphatic rings. The second-order valence-corrected chi connectivity index (χ2v) is 2.53. The van der Waals surface area contributed by atoms with Gasteiger partial charge in [0.2, 0.25) is 0 Å². The highest BCUT2D eigenvalue weighted by atomic mass is 17.3. The molecule has 0 amide bonds. The lowest BCUT2D eigenvalue weighted by Gasteiger charge is -1.99. The Labute approximate surface area is 79.1 Å². The van der Waals surface area contributed by atoms with Crippen LogP contribution in [0.3, 0.4) is 0 Å². The van der Waals surface area contributed by atoms with Crippen LogP contribution in [-0.2, 0) is 9.88 Å². The van der Waals surface area contributed by atoms with Crippen molar-refractivity contribution < 1.29 is 19.8 Å². The highest BCUT2D eigenvalue weighted by Gasteiger charge is 2.09. The Morgan fingerprint density at radius 2 is 1.93 bits per heavy atom. The largest absolute Gasteiger partial charge is 0.373 e. The first-order valence-corrected chi connectivity index (χ1v) is 3.69. The summed E-state index contributed by atoms with van der Waals surface area (Å²) in [5.74, 6) is -0.901. The molecule has 1 aromatic rings. The predicted molar refractivity (Wildman–Crippen MR) is 44.7 cm³/mol. The topological polar surface area (TPSA) is 78.7 Å². The van der Waals surface area contributed by atoms with Crippen molar-refractivity contribution in [2.24, 2.45) is 0 Å². The second-order valence-electron chi connectivity index (χ2n) is 2.53. The van der Waals surface area contributed by atoms with Gasteiger partial charge >= 0.3 is 11.1 Å². The molecule has 0 unspecified atom stereocenters. The molecule has 0 atom stereocenters. The van der Waals surface area contributed by atoms with Gasteiger partial charge < -0.3 is 0 Å². The fourth-order valence-electron chi connectivity index (χ4n) is 0.802. The highest BCUT2D eigenvalue weighted by Crippen LogP contribution is 2.04. The molecule has 0 aliphatic carbocycles. The molecule has 0 heterocycles. The highest BCUT2D eigenvalue weighted by molar-refractivity contribution is 5.88. The zero-order valence-electron chi connectivity index (χ0n) is 7.30. The molecule has 0 spiro atoms. The van der Waals surface area contributed by atoms with Gasteiger partial charge in [0.15, 0.2) is 0 Å². The lowest BCUT2D eigenvalue weighted by atomic mass is 10.2. The van der Waals surface area contributed by atoms with Gasteiger partial charge in [-0.25, -0.2) is 4.79 Å². The zero-order chi connectivity index (χ0) is 10.6. The van der Waals surface area contributed by atoms with E-state index < -0.39 is 11.1 Å². The van der Waals surface area contributed by atoms with Crippen molar-refractivity contribution in [2.75, 3.05) is 0 Å². The van der Waals surface area contributed by atoms with Crippen LogP contribution in [0.25, 0.3) is 0 Å². The van der Waals surface area contributed by atoms with Crippen molar-refractivity contribution in [3.8, 4) is 0 Å². The van der Waals surface area contributed by atoms with Gasteiger partial charge in [-0.15, -0.1) is 10.1 Å². The number of hydrogen-bond donors (Lipinski definition) is 0. The van der Waals surface area contributed by atoms with Crippen molar-refractivity contribution >= 4 is 5.97 Å². The van der Waals surface area contributed by atoms with Crippen LogP contribution in [0.2, 0.25) is 0 Å². The minimum absolute atomic E-state index is 0.192. The number of nitrogens with zero attached hydrogens (tertiary/aromatic N) is 1.